The maximum atomic E-state index is 12.4. The molecule has 0 saturated carbocycles. The van der Waals surface area contributed by atoms with Gasteiger partial charge < -0.3 is 4.74 Å². The normalized spacial score (nSPS) is 11.4. The maximum Gasteiger partial charge on any atom is 0.343 e. The number of amides is 1. The molecule has 8 nitrogen and oxygen atoms in total. The Labute approximate surface area is 206 Å². The summed E-state index contributed by atoms with van der Waals surface area (Å²) in [7, 11) is -3.83. The minimum Gasteiger partial charge on any atom is -0.422 e. The molecule has 0 fully saturated rings. The third kappa shape index (κ3) is 7.08. The molecule has 3 aromatic carbocycles. The van der Waals surface area contributed by atoms with Crippen LogP contribution in [0.25, 0.3) is 0 Å². The SMILES string of the molecule is Cc1ccc(C(=O)Oc2ccc(Br)cc2C=NNC(=O)CNS(=O)(=O)c2ccc(C)cc2)cc1. The molecule has 0 spiro atoms. The van der Waals surface area contributed by atoms with E-state index < -0.39 is 28.4 Å². The fraction of sp³-hybridized carbons (Fsp3) is 0.125. The second-order valence-corrected chi connectivity index (χ2v) is 10.1. The lowest BCUT2D eigenvalue weighted by Crippen LogP contribution is -2.34. The zero-order chi connectivity index (χ0) is 24.7. The predicted molar refractivity (Wildman–Crippen MR) is 132 cm³/mol. The fourth-order valence-electron chi connectivity index (χ4n) is 2.74. The first-order chi connectivity index (χ1) is 16.1. The van der Waals surface area contributed by atoms with Crippen LogP contribution in [-0.4, -0.2) is 33.1 Å². The number of ether oxygens (including phenoxy) is 1. The van der Waals surface area contributed by atoms with Gasteiger partial charge in [-0.05, 0) is 56.3 Å². The summed E-state index contributed by atoms with van der Waals surface area (Å²) in [5.74, 6) is -0.960. The summed E-state index contributed by atoms with van der Waals surface area (Å²) in [4.78, 5) is 24.6. The Morgan fingerprint density at radius 2 is 1.59 bits per heavy atom. The van der Waals surface area contributed by atoms with Crippen molar-refractivity contribution in [2.75, 3.05) is 6.54 Å². The van der Waals surface area contributed by atoms with Gasteiger partial charge in [0.2, 0.25) is 10.0 Å². The number of benzene rings is 3. The average molecular weight is 544 g/mol. The highest BCUT2D eigenvalue weighted by Crippen LogP contribution is 2.23. The van der Waals surface area contributed by atoms with Gasteiger partial charge in [0.25, 0.3) is 5.91 Å². The number of rotatable bonds is 8. The van der Waals surface area contributed by atoms with Crippen LogP contribution >= 0.6 is 15.9 Å². The van der Waals surface area contributed by atoms with Gasteiger partial charge in [-0.1, -0.05) is 51.3 Å². The van der Waals surface area contributed by atoms with Crippen molar-refractivity contribution in [2.45, 2.75) is 18.7 Å². The summed E-state index contributed by atoms with van der Waals surface area (Å²) >= 11 is 3.34. The minimum absolute atomic E-state index is 0.0589. The first-order valence-corrected chi connectivity index (χ1v) is 12.4. The molecule has 3 rings (SSSR count). The number of nitrogens with one attached hydrogen (secondary N) is 2. The highest BCUT2D eigenvalue weighted by Gasteiger charge is 2.15. The second-order valence-electron chi connectivity index (χ2n) is 7.37. The number of nitrogens with zero attached hydrogens (tertiary/aromatic N) is 1. The molecule has 0 heterocycles. The van der Waals surface area contributed by atoms with Crippen LogP contribution in [0.3, 0.4) is 0 Å². The largest absolute Gasteiger partial charge is 0.422 e. The Kier molecular flexibility index (Phi) is 8.32. The standard InChI is InChI=1S/C24H22BrN3O5S/c1-16-3-7-18(8-4-16)24(30)33-22-12-9-20(25)13-19(22)14-26-28-23(29)15-27-34(31,32)21-10-5-17(2)6-11-21/h3-14,27H,15H2,1-2H3,(H,28,29). The fourth-order valence-corrected chi connectivity index (χ4v) is 4.10. The summed E-state index contributed by atoms with van der Waals surface area (Å²) in [5.41, 5.74) is 5.01. The third-order valence-corrected chi connectivity index (χ3v) is 6.52. The molecule has 2 N–H and O–H groups in total. The van der Waals surface area contributed by atoms with Gasteiger partial charge in [0.15, 0.2) is 0 Å². The van der Waals surface area contributed by atoms with Crippen LogP contribution in [0.1, 0.15) is 27.0 Å². The number of aryl methyl sites for hydroxylation is 2. The second kappa shape index (κ2) is 11.2. The summed E-state index contributed by atoms with van der Waals surface area (Å²) in [6.07, 6.45) is 1.30. The lowest BCUT2D eigenvalue weighted by Gasteiger charge is -2.08. The first-order valence-electron chi connectivity index (χ1n) is 10.1. The van der Waals surface area contributed by atoms with Crippen molar-refractivity contribution in [3.05, 3.63) is 93.5 Å². The van der Waals surface area contributed by atoms with Gasteiger partial charge in [0, 0.05) is 10.0 Å². The van der Waals surface area contributed by atoms with Gasteiger partial charge in [-0.3, -0.25) is 4.79 Å². The topological polar surface area (TPSA) is 114 Å². The van der Waals surface area contributed by atoms with Crippen LogP contribution in [-0.2, 0) is 14.8 Å². The van der Waals surface area contributed by atoms with E-state index in [4.69, 9.17) is 4.74 Å². The summed E-state index contributed by atoms with van der Waals surface area (Å²) in [5, 5.41) is 3.85. The van der Waals surface area contributed by atoms with Gasteiger partial charge in [-0.15, -0.1) is 0 Å². The Bertz CT molecular complexity index is 1320. The Morgan fingerprint density at radius 1 is 0.971 bits per heavy atom. The van der Waals surface area contributed by atoms with Gasteiger partial charge in [0.05, 0.1) is 23.2 Å². The van der Waals surface area contributed by atoms with Crippen molar-refractivity contribution in [3.63, 3.8) is 0 Å². The molecule has 0 aromatic heterocycles. The molecule has 0 radical (unpaired) electrons. The molecule has 0 aliphatic heterocycles. The van der Waals surface area contributed by atoms with E-state index in [0.29, 0.717) is 15.6 Å². The van der Waals surface area contributed by atoms with E-state index in [1.54, 1.807) is 42.5 Å². The molecule has 0 aliphatic carbocycles. The summed E-state index contributed by atoms with van der Waals surface area (Å²) in [6.45, 7) is 3.26. The van der Waals surface area contributed by atoms with Crippen LogP contribution in [0, 0.1) is 13.8 Å². The van der Waals surface area contributed by atoms with Gasteiger partial charge in [-0.25, -0.2) is 23.4 Å². The predicted octanol–water partition coefficient (Wildman–Crippen LogP) is 3.71. The molecule has 0 aliphatic rings. The van der Waals surface area contributed by atoms with E-state index in [1.165, 1.54) is 18.3 Å². The van der Waals surface area contributed by atoms with Crippen molar-refractivity contribution in [2.24, 2.45) is 5.10 Å². The van der Waals surface area contributed by atoms with Gasteiger partial charge in [0.1, 0.15) is 5.75 Å². The van der Waals surface area contributed by atoms with Crippen LogP contribution < -0.4 is 14.9 Å². The third-order valence-electron chi connectivity index (χ3n) is 4.61. The monoisotopic (exact) mass is 543 g/mol. The number of esters is 1. The highest BCUT2D eigenvalue weighted by atomic mass is 79.9. The lowest BCUT2D eigenvalue weighted by atomic mass is 10.1. The molecule has 0 atom stereocenters. The number of hydrogen-bond donors (Lipinski definition) is 2. The number of carbonyl (C=O) groups excluding carboxylic acids is 2. The van der Waals surface area contributed by atoms with Crippen molar-refractivity contribution < 1.29 is 22.7 Å². The number of hydrazone groups is 1. The molecule has 10 heteroatoms. The Balaban J connectivity index is 1.62. The van der Waals surface area contributed by atoms with E-state index in [2.05, 4.69) is 31.2 Å². The molecular formula is C24H22BrN3O5S. The van der Waals surface area contributed by atoms with Gasteiger partial charge in [-0.2, -0.15) is 5.10 Å². The Hall–Kier alpha value is -3.34. The maximum absolute atomic E-state index is 12.4. The number of hydrogen-bond acceptors (Lipinski definition) is 6. The Morgan fingerprint density at radius 3 is 2.24 bits per heavy atom. The smallest absolute Gasteiger partial charge is 0.343 e. The lowest BCUT2D eigenvalue weighted by molar-refractivity contribution is -0.119. The van der Waals surface area contributed by atoms with Crippen LogP contribution in [0.15, 0.2) is 81.2 Å². The molecule has 0 saturated heterocycles. The van der Waals surface area contributed by atoms with Crippen molar-refractivity contribution >= 4 is 44.0 Å². The zero-order valence-electron chi connectivity index (χ0n) is 18.4. The molecule has 34 heavy (non-hydrogen) atoms. The van der Waals surface area contributed by atoms with Crippen LogP contribution in [0.2, 0.25) is 0 Å². The van der Waals surface area contributed by atoms with Crippen molar-refractivity contribution in [3.8, 4) is 5.75 Å². The molecule has 176 valence electrons. The van der Waals surface area contributed by atoms with E-state index in [9.17, 15) is 18.0 Å². The summed E-state index contributed by atoms with van der Waals surface area (Å²) in [6, 6.07) is 18.2. The molecule has 0 unspecified atom stereocenters. The molecule has 0 bridgehead atoms. The van der Waals surface area contributed by atoms with E-state index >= 15 is 0 Å². The zero-order valence-corrected chi connectivity index (χ0v) is 20.8. The summed E-state index contributed by atoms with van der Waals surface area (Å²) < 4.78 is 33.0. The van der Waals surface area contributed by atoms with Crippen LogP contribution in [0.5, 0.6) is 5.75 Å². The molecule has 3 aromatic rings. The molecular weight excluding hydrogens is 522 g/mol. The van der Waals surface area contributed by atoms with Crippen molar-refractivity contribution in [1.29, 1.82) is 0 Å². The molecule has 1 amide bonds. The van der Waals surface area contributed by atoms with E-state index in [1.807, 2.05) is 26.0 Å². The van der Waals surface area contributed by atoms with Gasteiger partial charge >= 0.3 is 5.97 Å². The number of sulfonamides is 1. The minimum atomic E-state index is -3.83. The number of halogens is 1. The quantitative estimate of drug-likeness (QED) is 0.194. The first kappa shape index (κ1) is 25.3. The van der Waals surface area contributed by atoms with E-state index in [-0.39, 0.29) is 10.6 Å². The van der Waals surface area contributed by atoms with Crippen molar-refractivity contribution in [1.82, 2.24) is 10.1 Å². The highest BCUT2D eigenvalue weighted by molar-refractivity contribution is 9.10. The number of carbonyl (C=O) groups is 2. The van der Waals surface area contributed by atoms with E-state index in [0.717, 1.165) is 11.1 Å². The van der Waals surface area contributed by atoms with Crippen LogP contribution in [0.4, 0.5) is 0 Å². The average Bonchev–Trinajstić information content (AvgIpc) is 2.80.